The lowest BCUT2D eigenvalue weighted by Gasteiger charge is -2.07. The molecular formula is C17H15NO5. The van der Waals surface area contributed by atoms with Crippen LogP contribution in [0.2, 0.25) is 0 Å². The van der Waals surface area contributed by atoms with Gasteiger partial charge >= 0.3 is 0 Å². The van der Waals surface area contributed by atoms with E-state index < -0.39 is 4.92 Å². The van der Waals surface area contributed by atoms with E-state index in [1.165, 1.54) is 32.4 Å². The quantitative estimate of drug-likeness (QED) is 0.353. The van der Waals surface area contributed by atoms with E-state index >= 15 is 0 Å². The Morgan fingerprint density at radius 3 is 2.35 bits per heavy atom. The highest BCUT2D eigenvalue weighted by Crippen LogP contribution is 2.25. The Morgan fingerprint density at radius 2 is 1.78 bits per heavy atom. The summed E-state index contributed by atoms with van der Waals surface area (Å²) in [5, 5.41) is 10.6. The predicted molar refractivity (Wildman–Crippen MR) is 86.0 cm³/mol. The number of carbonyl (C=O) groups is 1. The van der Waals surface area contributed by atoms with Gasteiger partial charge in [0.1, 0.15) is 11.5 Å². The van der Waals surface area contributed by atoms with Crippen LogP contribution < -0.4 is 9.47 Å². The van der Waals surface area contributed by atoms with Gasteiger partial charge in [-0.25, -0.2) is 0 Å². The molecule has 0 fully saturated rings. The average Bonchev–Trinajstić information content (AvgIpc) is 2.59. The van der Waals surface area contributed by atoms with Gasteiger partial charge in [-0.2, -0.15) is 0 Å². The van der Waals surface area contributed by atoms with E-state index in [1.807, 2.05) is 0 Å². The van der Waals surface area contributed by atoms with E-state index in [-0.39, 0.29) is 11.5 Å². The molecule has 2 aromatic rings. The maximum absolute atomic E-state index is 12.3. The largest absolute Gasteiger partial charge is 0.497 e. The second-order valence-corrected chi connectivity index (χ2v) is 4.61. The van der Waals surface area contributed by atoms with Crippen molar-refractivity contribution in [3.63, 3.8) is 0 Å². The number of methoxy groups -OCH3 is 2. The first-order valence-electron chi connectivity index (χ1n) is 6.74. The predicted octanol–water partition coefficient (Wildman–Crippen LogP) is 3.51. The van der Waals surface area contributed by atoms with Crippen molar-refractivity contribution < 1.29 is 19.2 Å². The highest BCUT2D eigenvalue weighted by atomic mass is 16.6. The van der Waals surface area contributed by atoms with Crippen molar-refractivity contribution in [2.24, 2.45) is 0 Å². The number of carbonyl (C=O) groups excluding carboxylic acids is 1. The molecule has 0 heterocycles. The summed E-state index contributed by atoms with van der Waals surface area (Å²) < 4.78 is 10.3. The van der Waals surface area contributed by atoms with Crippen LogP contribution in [0.4, 0.5) is 5.69 Å². The van der Waals surface area contributed by atoms with Gasteiger partial charge in [0.25, 0.3) is 5.69 Å². The molecule has 0 spiro atoms. The molecule has 2 aromatic carbocycles. The Kier molecular flexibility index (Phi) is 5.09. The van der Waals surface area contributed by atoms with Crippen LogP contribution in [0.3, 0.4) is 0 Å². The van der Waals surface area contributed by atoms with Crippen LogP contribution in [0.5, 0.6) is 11.5 Å². The summed E-state index contributed by atoms with van der Waals surface area (Å²) in [5.41, 5.74) is 1.07. The lowest BCUT2D eigenvalue weighted by molar-refractivity contribution is -0.384. The Bertz CT molecular complexity index is 750. The number of nitro benzene ring substituents is 1. The van der Waals surface area contributed by atoms with Crippen molar-refractivity contribution in [2.75, 3.05) is 14.2 Å². The summed E-state index contributed by atoms with van der Waals surface area (Å²) in [6.07, 6.45) is 2.98. The van der Waals surface area contributed by atoms with Crippen LogP contribution in [-0.2, 0) is 0 Å². The van der Waals surface area contributed by atoms with E-state index in [2.05, 4.69) is 0 Å². The van der Waals surface area contributed by atoms with Gasteiger partial charge in [-0.05, 0) is 42.0 Å². The maximum Gasteiger partial charge on any atom is 0.269 e. The van der Waals surface area contributed by atoms with Gasteiger partial charge in [0, 0.05) is 12.1 Å². The zero-order valence-electron chi connectivity index (χ0n) is 12.7. The van der Waals surface area contributed by atoms with Crippen molar-refractivity contribution in [2.45, 2.75) is 0 Å². The highest BCUT2D eigenvalue weighted by molar-refractivity contribution is 6.08. The summed E-state index contributed by atoms with van der Waals surface area (Å²) in [4.78, 5) is 22.4. The van der Waals surface area contributed by atoms with Crippen molar-refractivity contribution in [3.8, 4) is 11.5 Å². The molecule has 0 aromatic heterocycles. The van der Waals surface area contributed by atoms with Crippen molar-refractivity contribution in [1.29, 1.82) is 0 Å². The summed E-state index contributed by atoms with van der Waals surface area (Å²) in [5.74, 6) is 0.751. The van der Waals surface area contributed by atoms with Crippen molar-refractivity contribution in [1.82, 2.24) is 0 Å². The Balaban J connectivity index is 2.22. The summed E-state index contributed by atoms with van der Waals surface area (Å²) in [7, 11) is 3.00. The second kappa shape index (κ2) is 7.22. The van der Waals surface area contributed by atoms with Gasteiger partial charge in [-0.3, -0.25) is 14.9 Å². The van der Waals surface area contributed by atoms with E-state index in [9.17, 15) is 14.9 Å². The molecule has 6 heteroatoms. The third-order valence-corrected chi connectivity index (χ3v) is 3.20. The van der Waals surface area contributed by atoms with Gasteiger partial charge in [-0.1, -0.05) is 6.08 Å². The SMILES string of the molecule is COc1ccc(OC)c(C(=O)/C=C/c2ccc([N+](=O)[O-])cc2)c1. The topological polar surface area (TPSA) is 78.7 Å². The van der Waals surface area contributed by atoms with Crippen LogP contribution in [0, 0.1) is 10.1 Å². The number of benzene rings is 2. The van der Waals surface area contributed by atoms with E-state index in [4.69, 9.17) is 9.47 Å². The summed E-state index contributed by atoms with van der Waals surface area (Å²) in [6.45, 7) is 0. The number of ketones is 1. The third-order valence-electron chi connectivity index (χ3n) is 3.20. The number of nitro groups is 1. The van der Waals surface area contributed by atoms with Crippen molar-refractivity contribution >= 4 is 17.5 Å². The van der Waals surface area contributed by atoms with Crippen molar-refractivity contribution in [3.05, 3.63) is 69.8 Å². The van der Waals surface area contributed by atoms with Crippen LogP contribution >= 0.6 is 0 Å². The van der Waals surface area contributed by atoms with Gasteiger partial charge < -0.3 is 9.47 Å². The first kappa shape index (κ1) is 16.2. The van der Waals surface area contributed by atoms with Crippen LogP contribution in [0.1, 0.15) is 15.9 Å². The number of hydrogen-bond acceptors (Lipinski definition) is 5. The molecule has 0 unspecified atom stereocenters. The zero-order chi connectivity index (χ0) is 16.8. The molecule has 0 atom stereocenters. The van der Waals surface area contributed by atoms with Gasteiger partial charge in [0.05, 0.1) is 24.7 Å². The average molecular weight is 313 g/mol. The molecule has 23 heavy (non-hydrogen) atoms. The number of allylic oxidation sites excluding steroid dienone is 1. The molecule has 0 aliphatic rings. The zero-order valence-corrected chi connectivity index (χ0v) is 12.7. The molecule has 0 aliphatic heterocycles. The summed E-state index contributed by atoms with van der Waals surface area (Å²) >= 11 is 0. The number of non-ortho nitro benzene ring substituents is 1. The lowest BCUT2D eigenvalue weighted by atomic mass is 10.1. The highest BCUT2D eigenvalue weighted by Gasteiger charge is 2.11. The van der Waals surface area contributed by atoms with Gasteiger partial charge in [0.15, 0.2) is 5.78 Å². The molecule has 0 N–H and O–H groups in total. The summed E-state index contributed by atoms with van der Waals surface area (Å²) in [6, 6.07) is 10.9. The molecule has 0 radical (unpaired) electrons. The number of ether oxygens (including phenoxy) is 2. The molecule has 2 rings (SSSR count). The number of hydrogen-bond donors (Lipinski definition) is 0. The van der Waals surface area contributed by atoms with E-state index in [0.717, 1.165) is 0 Å². The molecular weight excluding hydrogens is 298 g/mol. The number of rotatable bonds is 6. The molecule has 0 saturated heterocycles. The van der Waals surface area contributed by atoms with Crippen LogP contribution in [0.15, 0.2) is 48.5 Å². The first-order valence-corrected chi connectivity index (χ1v) is 6.74. The molecule has 0 bridgehead atoms. The minimum atomic E-state index is -0.472. The third kappa shape index (κ3) is 3.94. The molecule has 0 amide bonds. The second-order valence-electron chi connectivity index (χ2n) is 4.61. The minimum absolute atomic E-state index is 0.00272. The molecule has 118 valence electrons. The molecule has 0 aliphatic carbocycles. The first-order chi connectivity index (χ1) is 11.0. The van der Waals surface area contributed by atoms with E-state index in [1.54, 1.807) is 36.4 Å². The van der Waals surface area contributed by atoms with Crippen LogP contribution in [0.25, 0.3) is 6.08 Å². The fraction of sp³-hybridized carbons (Fsp3) is 0.118. The van der Waals surface area contributed by atoms with Gasteiger partial charge in [0.2, 0.25) is 0 Å². The minimum Gasteiger partial charge on any atom is -0.497 e. The monoisotopic (exact) mass is 313 g/mol. The Labute approximate surface area is 133 Å². The standard InChI is InChI=1S/C17H15NO5/c1-22-14-8-10-17(23-2)15(11-14)16(19)9-5-12-3-6-13(7-4-12)18(20)21/h3-11H,1-2H3/b9-5+. The lowest BCUT2D eigenvalue weighted by Crippen LogP contribution is -1.99. The normalized spacial score (nSPS) is 10.5. The van der Waals surface area contributed by atoms with E-state index in [0.29, 0.717) is 22.6 Å². The molecule has 6 nitrogen and oxygen atoms in total. The smallest absolute Gasteiger partial charge is 0.269 e. The van der Waals surface area contributed by atoms with Gasteiger partial charge in [-0.15, -0.1) is 0 Å². The fourth-order valence-electron chi connectivity index (χ4n) is 1.98. The molecule has 0 saturated carbocycles. The number of nitrogens with zero attached hydrogens (tertiary/aromatic N) is 1. The fourth-order valence-corrected chi connectivity index (χ4v) is 1.98. The van der Waals surface area contributed by atoms with Crippen LogP contribution in [-0.4, -0.2) is 24.9 Å². The maximum atomic E-state index is 12.3. The Morgan fingerprint density at radius 1 is 1.09 bits per heavy atom. The Hall–Kier alpha value is -3.15.